The number of morpholine rings is 1. The van der Waals surface area contributed by atoms with Crippen molar-refractivity contribution in [3.63, 3.8) is 0 Å². The van der Waals surface area contributed by atoms with Crippen molar-refractivity contribution in [2.24, 2.45) is 0 Å². The molecule has 0 radical (unpaired) electrons. The number of hydrogen-bond acceptors (Lipinski definition) is 7. The van der Waals surface area contributed by atoms with Gasteiger partial charge in [-0.15, -0.1) is 11.3 Å². The molecule has 1 N–H and O–H groups in total. The molecule has 2 aromatic heterocycles. The van der Waals surface area contributed by atoms with Crippen LogP contribution in [0.3, 0.4) is 0 Å². The first kappa shape index (κ1) is 25.9. The van der Waals surface area contributed by atoms with Gasteiger partial charge in [-0.3, -0.25) is 19.4 Å². The van der Waals surface area contributed by atoms with Crippen molar-refractivity contribution in [3.8, 4) is 0 Å². The summed E-state index contributed by atoms with van der Waals surface area (Å²) in [6.45, 7) is 4.68. The Labute approximate surface area is 225 Å². The fourth-order valence-corrected chi connectivity index (χ4v) is 5.54. The number of nitrogens with one attached hydrogen (secondary N) is 1. The van der Waals surface area contributed by atoms with Crippen LogP contribution in [0.15, 0.2) is 58.3 Å². The van der Waals surface area contributed by atoms with E-state index in [9.17, 15) is 9.59 Å². The Kier molecular flexibility index (Phi) is 8.58. The van der Waals surface area contributed by atoms with Crippen molar-refractivity contribution < 1.29 is 23.5 Å². The maximum atomic E-state index is 14.0. The summed E-state index contributed by atoms with van der Waals surface area (Å²) in [6.07, 6.45) is 1.87. The standard InChI is InChI=1S/C27H30ClN3O5S/c28-19-5-7-20(8-6-19)31(27(33)23-10-9-22(36-23)18-30-11-14-34-15-12-30)25(24-4-2-16-37-24)26(32)29-17-21-3-1-13-35-21/h2,4-10,16,21,25H,1,3,11-15,17-18H2,(H,29,32)/t21-,25-/m0/s1. The van der Waals surface area contributed by atoms with E-state index in [2.05, 4.69) is 10.2 Å². The van der Waals surface area contributed by atoms with E-state index >= 15 is 0 Å². The van der Waals surface area contributed by atoms with Crippen molar-refractivity contribution >= 4 is 40.4 Å². The number of furan rings is 1. The molecule has 2 aliphatic heterocycles. The van der Waals surface area contributed by atoms with E-state index in [1.807, 2.05) is 23.6 Å². The molecule has 196 valence electrons. The van der Waals surface area contributed by atoms with E-state index in [1.54, 1.807) is 30.3 Å². The minimum atomic E-state index is -0.886. The molecule has 10 heteroatoms. The molecule has 2 saturated heterocycles. The van der Waals surface area contributed by atoms with E-state index < -0.39 is 11.9 Å². The van der Waals surface area contributed by atoms with Crippen molar-refractivity contribution in [2.45, 2.75) is 31.5 Å². The van der Waals surface area contributed by atoms with Gasteiger partial charge < -0.3 is 19.2 Å². The molecule has 37 heavy (non-hydrogen) atoms. The number of thiophene rings is 1. The van der Waals surface area contributed by atoms with Crippen LogP contribution in [0.25, 0.3) is 0 Å². The normalized spacial score (nSPS) is 19.0. The highest BCUT2D eigenvalue weighted by Gasteiger charge is 2.36. The highest BCUT2D eigenvalue weighted by atomic mass is 35.5. The van der Waals surface area contributed by atoms with Gasteiger partial charge in [0.15, 0.2) is 11.8 Å². The Balaban J connectivity index is 1.44. The first-order valence-electron chi connectivity index (χ1n) is 12.5. The van der Waals surface area contributed by atoms with Crippen LogP contribution in [0.4, 0.5) is 5.69 Å². The molecule has 0 bridgehead atoms. The lowest BCUT2D eigenvalue weighted by Gasteiger charge is -2.30. The molecule has 0 spiro atoms. The molecule has 0 saturated carbocycles. The summed E-state index contributed by atoms with van der Waals surface area (Å²) >= 11 is 7.57. The summed E-state index contributed by atoms with van der Waals surface area (Å²) in [7, 11) is 0. The zero-order valence-corrected chi connectivity index (χ0v) is 22.0. The molecule has 2 fully saturated rings. The molecule has 0 aliphatic carbocycles. The third-order valence-electron chi connectivity index (χ3n) is 6.53. The predicted molar refractivity (Wildman–Crippen MR) is 142 cm³/mol. The Morgan fingerprint density at radius 1 is 1.11 bits per heavy atom. The van der Waals surface area contributed by atoms with Crippen molar-refractivity contribution in [2.75, 3.05) is 44.4 Å². The van der Waals surface area contributed by atoms with Gasteiger partial charge in [0, 0.05) is 41.8 Å². The molecule has 8 nitrogen and oxygen atoms in total. The fraction of sp³-hybridized carbons (Fsp3) is 0.407. The van der Waals surface area contributed by atoms with E-state index in [-0.39, 0.29) is 17.8 Å². The second-order valence-electron chi connectivity index (χ2n) is 9.10. The maximum absolute atomic E-state index is 14.0. The van der Waals surface area contributed by atoms with Crippen LogP contribution in [0.5, 0.6) is 0 Å². The lowest BCUT2D eigenvalue weighted by molar-refractivity contribution is -0.122. The van der Waals surface area contributed by atoms with Gasteiger partial charge in [0.1, 0.15) is 5.76 Å². The lowest BCUT2D eigenvalue weighted by atomic mass is 10.1. The largest absolute Gasteiger partial charge is 0.455 e. The maximum Gasteiger partial charge on any atom is 0.295 e. The van der Waals surface area contributed by atoms with Crippen LogP contribution in [0, 0.1) is 0 Å². The topological polar surface area (TPSA) is 84.2 Å². The number of benzene rings is 1. The third kappa shape index (κ3) is 6.42. The molecule has 5 rings (SSSR count). The molecule has 1 aromatic carbocycles. The number of nitrogens with zero attached hydrogens (tertiary/aromatic N) is 2. The Morgan fingerprint density at radius 2 is 1.92 bits per heavy atom. The Morgan fingerprint density at radius 3 is 2.62 bits per heavy atom. The minimum Gasteiger partial charge on any atom is -0.455 e. The molecule has 0 unspecified atom stereocenters. The zero-order chi connectivity index (χ0) is 25.6. The Bertz CT molecular complexity index is 1170. The van der Waals surface area contributed by atoms with E-state index in [0.717, 1.165) is 30.8 Å². The zero-order valence-electron chi connectivity index (χ0n) is 20.4. The van der Waals surface area contributed by atoms with Crippen molar-refractivity contribution in [1.82, 2.24) is 10.2 Å². The van der Waals surface area contributed by atoms with Gasteiger partial charge in [0.25, 0.3) is 5.91 Å². The van der Waals surface area contributed by atoms with Crippen LogP contribution in [0.2, 0.25) is 5.02 Å². The van der Waals surface area contributed by atoms with Gasteiger partial charge in [0.05, 0.1) is 25.9 Å². The summed E-state index contributed by atoms with van der Waals surface area (Å²) < 4.78 is 17.1. The van der Waals surface area contributed by atoms with Gasteiger partial charge in [0.2, 0.25) is 5.91 Å². The van der Waals surface area contributed by atoms with Gasteiger partial charge in [-0.2, -0.15) is 0 Å². The monoisotopic (exact) mass is 543 g/mol. The first-order valence-corrected chi connectivity index (χ1v) is 13.7. The molecule has 2 amide bonds. The number of rotatable bonds is 9. The number of carbonyl (C=O) groups excluding carboxylic acids is 2. The number of amides is 2. The van der Waals surface area contributed by atoms with Gasteiger partial charge >= 0.3 is 0 Å². The van der Waals surface area contributed by atoms with Gasteiger partial charge in [-0.05, 0) is 60.7 Å². The summed E-state index contributed by atoms with van der Waals surface area (Å²) in [5.74, 6) is 0.186. The average Bonchev–Trinajstić information content (AvgIpc) is 3.70. The number of anilines is 1. The Hall–Kier alpha value is -2.69. The SMILES string of the molecule is O=C(NC[C@@H]1CCCO1)[C@H](c1cccs1)N(C(=O)c1ccc(CN2CCOCC2)o1)c1ccc(Cl)cc1. The first-order chi connectivity index (χ1) is 18.1. The minimum absolute atomic E-state index is 0.0135. The number of ether oxygens (including phenoxy) is 2. The second-order valence-corrected chi connectivity index (χ2v) is 10.5. The third-order valence-corrected chi connectivity index (χ3v) is 7.70. The van der Waals surface area contributed by atoms with Crippen molar-refractivity contribution in [1.29, 1.82) is 0 Å². The summed E-state index contributed by atoms with van der Waals surface area (Å²) in [4.78, 5) is 32.1. The molecule has 2 atom stereocenters. The molecule has 4 heterocycles. The quantitative estimate of drug-likeness (QED) is 0.427. The van der Waals surface area contributed by atoms with E-state index in [0.29, 0.717) is 49.4 Å². The van der Waals surface area contributed by atoms with Crippen LogP contribution in [-0.2, 0) is 20.8 Å². The smallest absolute Gasteiger partial charge is 0.295 e. The van der Waals surface area contributed by atoms with Crippen molar-refractivity contribution in [3.05, 3.63) is 75.3 Å². The predicted octanol–water partition coefficient (Wildman–Crippen LogP) is 4.51. The highest BCUT2D eigenvalue weighted by Crippen LogP contribution is 2.33. The highest BCUT2D eigenvalue weighted by molar-refractivity contribution is 7.10. The summed E-state index contributed by atoms with van der Waals surface area (Å²) in [6, 6.07) is 13.2. The lowest BCUT2D eigenvalue weighted by Crippen LogP contribution is -2.45. The van der Waals surface area contributed by atoms with Gasteiger partial charge in [-0.1, -0.05) is 17.7 Å². The molecular weight excluding hydrogens is 514 g/mol. The number of halogens is 1. The van der Waals surface area contributed by atoms with E-state index in [4.69, 9.17) is 25.5 Å². The number of hydrogen-bond donors (Lipinski definition) is 1. The number of carbonyl (C=O) groups is 2. The van der Waals surface area contributed by atoms with Gasteiger partial charge in [-0.25, -0.2) is 0 Å². The van der Waals surface area contributed by atoms with Crippen LogP contribution >= 0.6 is 22.9 Å². The van der Waals surface area contributed by atoms with Crippen LogP contribution in [0.1, 0.15) is 40.1 Å². The molecule has 3 aromatic rings. The summed E-state index contributed by atoms with van der Waals surface area (Å²) in [5, 5.41) is 5.45. The van der Waals surface area contributed by atoms with E-state index in [1.165, 1.54) is 16.2 Å². The fourth-order valence-electron chi connectivity index (χ4n) is 4.60. The second kappa shape index (κ2) is 12.2. The molecule has 2 aliphatic rings. The molecular formula is C27H30ClN3O5S. The van der Waals surface area contributed by atoms with Crippen LogP contribution < -0.4 is 10.2 Å². The van der Waals surface area contributed by atoms with Crippen LogP contribution in [-0.4, -0.2) is 62.3 Å². The summed E-state index contributed by atoms with van der Waals surface area (Å²) in [5.41, 5.74) is 0.547. The average molecular weight is 544 g/mol.